The molecule has 2 N–H and O–H groups in total. The number of non-ortho nitro benzene ring substituents is 1. The van der Waals surface area contributed by atoms with E-state index in [4.69, 9.17) is 0 Å². The number of nitro groups is 1. The maximum atomic E-state index is 13.3. The minimum atomic E-state index is -3.96. The quantitative estimate of drug-likeness (QED) is 0.528. The second-order valence-electron chi connectivity index (χ2n) is 9.72. The summed E-state index contributed by atoms with van der Waals surface area (Å²) >= 11 is 0. The molecule has 1 aromatic carbocycles. The molecule has 1 aromatic rings. The molecule has 8 nitrogen and oxygen atoms in total. The Kier molecular flexibility index (Phi) is 4.66. The highest BCUT2D eigenvalue weighted by atomic mass is 32.2. The molecular weight excluding hydrogens is 406 g/mol. The van der Waals surface area contributed by atoms with E-state index in [-0.39, 0.29) is 22.5 Å². The van der Waals surface area contributed by atoms with Gasteiger partial charge in [-0.15, -0.1) is 0 Å². The summed E-state index contributed by atoms with van der Waals surface area (Å²) in [6, 6.07) is 4.91. The van der Waals surface area contributed by atoms with Crippen molar-refractivity contribution in [2.24, 2.45) is 23.7 Å². The van der Waals surface area contributed by atoms with Gasteiger partial charge in [0.1, 0.15) is 5.54 Å². The summed E-state index contributed by atoms with van der Waals surface area (Å²) in [7, 11) is -3.96. The van der Waals surface area contributed by atoms with Crippen molar-refractivity contribution in [1.29, 1.82) is 0 Å². The van der Waals surface area contributed by atoms with E-state index in [1.807, 2.05) is 0 Å². The highest BCUT2D eigenvalue weighted by Gasteiger charge is 2.52. The topological polar surface area (TPSA) is 118 Å². The molecule has 5 aliphatic rings. The van der Waals surface area contributed by atoms with Gasteiger partial charge in [0.25, 0.3) is 5.69 Å². The third-order valence-corrected chi connectivity index (χ3v) is 9.41. The molecule has 1 amide bonds. The summed E-state index contributed by atoms with van der Waals surface area (Å²) in [5, 5.41) is 14.1. The second-order valence-corrected chi connectivity index (χ2v) is 11.4. The van der Waals surface area contributed by atoms with Gasteiger partial charge in [-0.1, -0.05) is 0 Å². The minimum Gasteiger partial charge on any atom is -0.351 e. The summed E-state index contributed by atoms with van der Waals surface area (Å²) in [5.74, 6) is 2.44. The molecule has 0 unspecified atom stereocenters. The number of nitro benzene ring substituents is 1. The molecule has 5 aliphatic carbocycles. The van der Waals surface area contributed by atoms with Crippen molar-refractivity contribution in [3.63, 3.8) is 0 Å². The Balaban J connectivity index is 1.31. The maximum absolute atomic E-state index is 13.3. The fourth-order valence-corrected chi connectivity index (χ4v) is 7.84. The Hall–Kier alpha value is -2.00. The standard InChI is InChI=1S/C21H27N3O5S/c25-20(22-19-15-9-13-8-14(11-15)12-16(19)10-13)21(6-1-7-21)23-30(28,29)18-4-2-17(3-5-18)24(26)27/h2-5,13-16,19,23H,1,6-12H2,(H,22,25). The first-order valence-corrected chi connectivity index (χ1v) is 12.3. The predicted molar refractivity (Wildman–Crippen MR) is 109 cm³/mol. The van der Waals surface area contributed by atoms with Crippen LogP contribution in [0.3, 0.4) is 0 Å². The maximum Gasteiger partial charge on any atom is 0.269 e. The minimum absolute atomic E-state index is 0.0678. The van der Waals surface area contributed by atoms with Crippen LogP contribution in [0.1, 0.15) is 51.4 Å². The Morgan fingerprint density at radius 2 is 1.57 bits per heavy atom. The van der Waals surface area contributed by atoms with Crippen LogP contribution in [0.25, 0.3) is 0 Å². The van der Waals surface area contributed by atoms with Crippen LogP contribution < -0.4 is 10.0 Å². The lowest BCUT2D eigenvalue weighted by Gasteiger charge is -2.55. The Labute approximate surface area is 176 Å². The van der Waals surface area contributed by atoms with Crippen LogP contribution in [-0.4, -0.2) is 30.8 Å². The van der Waals surface area contributed by atoms with Gasteiger partial charge in [-0.05, 0) is 87.2 Å². The Morgan fingerprint density at radius 3 is 2.03 bits per heavy atom. The first-order chi connectivity index (χ1) is 14.3. The van der Waals surface area contributed by atoms with Crippen molar-refractivity contribution in [3.8, 4) is 0 Å². The highest BCUT2D eigenvalue weighted by Crippen LogP contribution is 2.54. The number of sulfonamides is 1. The average Bonchev–Trinajstić information content (AvgIpc) is 2.67. The Morgan fingerprint density at radius 1 is 1.00 bits per heavy atom. The molecule has 4 bridgehead atoms. The Bertz CT molecular complexity index is 943. The smallest absolute Gasteiger partial charge is 0.269 e. The molecular formula is C21H27N3O5S. The van der Waals surface area contributed by atoms with Crippen molar-refractivity contribution < 1.29 is 18.1 Å². The normalized spacial score (nSPS) is 33.7. The van der Waals surface area contributed by atoms with Crippen LogP contribution in [0.5, 0.6) is 0 Å². The number of nitrogens with zero attached hydrogens (tertiary/aromatic N) is 1. The molecule has 5 saturated carbocycles. The number of nitrogens with one attached hydrogen (secondary N) is 2. The molecule has 0 spiro atoms. The molecule has 0 atom stereocenters. The first kappa shape index (κ1) is 19.9. The van der Waals surface area contributed by atoms with Crippen LogP contribution in [0.2, 0.25) is 0 Å². The number of carbonyl (C=O) groups excluding carboxylic acids is 1. The van der Waals surface area contributed by atoms with E-state index in [0.717, 1.165) is 30.4 Å². The molecule has 6 rings (SSSR count). The molecule has 9 heteroatoms. The molecule has 0 saturated heterocycles. The lowest BCUT2D eigenvalue weighted by Crippen LogP contribution is -2.66. The van der Waals surface area contributed by atoms with Crippen molar-refractivity contribution >= 4 is 21.6 Å². The molecule has 0 heterocycles. The summed E-state index contributed by atoms with van der Waals surface area (Å²) < 4.78 is 28.4. The van der Waals surface area contributed by atoms with Gasteiger partial charge in [0.05, 0.1) is 9.82 Å². The summed E-state index contributed by atoms with van der Waals surface area (Å²) in [5.41, 5.74) is -1.29. The van der Waals surface area contributed by atoms with E-state index in [2.05, 4.69) is 10.0 Å². The highest BCUT2D eigenvalue weighted by molar-refractivity contribution is 7.89. The van der Waals surface area contributed by atoms with E-state index < -0.39 is 20.5 Å². The van der Waals surface area contributed by atoms with E-state index in [0.29, 0.717) is 24.7 Å². The zero-order valence-electron chi connectivity index (χ0n) is 16.7. The third-order valence-electron chi connectivity index (χ3n) is 7.85. The van der Waals surface area contributed by atoms with Gasteiger partial charge in [-0.2, -0.15) is 4.72 Å². The van der Waals surface area contributed by atoms with Crippen molar-refractivity contribution in [2.75, 3.05) is 0 Å². The van der Waals surface area contributed by atoms with Crippen LogP contribution >= 0.6 is 0 Å². The summed E-state index contributed by atoms with van der Waals surface area (Å²) in [6.45, 7) is 0. The van der Waals surface area contributed by atoms with Crippen molar-refractivity contribution in [3.05, 3.63) is 34.4 Å². The van der Waals surface area contributed by atoms with E-state index >= 15 is 0 Å². The van der Waals surface area contributed by atoms with Gasteiger partial charge in [0.2, 0.25) is 15.9 Å². The molecule has 30 heavy (non-hydrogen) atoms. The van der Waals surface area contributed by atoms with E-state index in [9.17, 15) is 23.3 Å². The molecule has 0 aliphatic heterocycles. The number of carbonyl (C=O) groups is 1. The SMILES string of the molecule is O=C(NC1C2CC3CC(C2)CC1C3)C1(NS(=O)(=O)c2ccc([N+](=O)[O-])cc2)CCC1. The van der Waals surface area contributed by atoms with Crippen LogP contribution in [0, 0.1) is 33.8 Å². The monoisotopic (exact) mass is 433 g/mol. The van der Waals surface area contributed by atoms with Crippen molar-refractivity contribution in [2.45, 2.75) is 67.8 Å². The number of benzene rings is 1. The van der Waals surface area contributed by atoms with Gasteiger partial charge in [0, 0.05) is 18.2 Å². The number of rotatable bonds is 6. The predicted octanol–water partition coefficient (Wildman–Crippen LogP) is 2.74. The number of hydrogen-bond acceptors (Lipinski definition) is 5. The van der Waals surface area contributed by atoms with Gasteiger partial charge in [0.15, 0.2) is 0 Å². The molecule has 162 valence electrons. The van der Waals surface area contributed by atoms with E-state index in [1.54, 1.807) is 0 Å². The molecule has 0 aromatic heterocycles. The zero-order valence-corrected chi connectivity index (χ0v) is 17.6. The first-order valence-electron chi connectivity index (χ1n) is 10.9. The van der Waals surface area contributed by atoms with Crippen LogP contribution in [-0.2, 0) is 14.8 Å². The molecule has 5 fully saturated rings. The van der Waals surface area contributed by atoms with Gasteiger partial charge in [-0.25, -0.2) is 8.42 Å². The second kappa shape index (κ2) is 7.02. The zero-order chi connectivity index (χ0) is 21.1. The lowest BCUT2D eigenvalue weighted by molar-refractivity contribution is -0.384. The van der Waals surface area contributed by atoms with E-state index in [1.165, 1.54) is 44.2 Å². The van der Waals surface area contributed by atoms with Gasteiger partial charge < -0.3 is 5.32 Å². The number of hydrogen-bond donors (Lipinski definition) is 2. The van der Waals surface area contributed by atoms with Gasteiger partial charge in [-0.3, -0.25) is 14.9 Å². The summed E-state index contributed by atoms with van der Waals surface area (Å²) in [4.78, 5) is 23.4. The number of amides is 1. The third kappa shape index (κ3) is 3.32. The summed E-state index contributed by atoms with van der Waals surface area (Å²) in [6.07, 6.45) is 7.79. The fourth-order valence-electron chi connectivity index (χ4n) is 6.42. The van der Waals surface area contributed by atoms with Crippen molar-refractivity contribution in [1.82, 2.24) is 10.0 Å². The molecule has 0 radical (unpaired) electrons. The fraction of sp³-hybridized carbons (Fsp3) is 0.667. The van der Waals surface area contributed by atoms with Gasteiger partial charge >= 0.3 is 0 Å². The van der Waals surface area contributed by atoms with Crippen LogP contribution in [0.15, 0.2) is 29.2 Å². The largest absolute Gasteiger partial charge is 0.351 e. The lowest BCUT2D eigenvalue weighted by atomic mass is 9.54. The average molecular weight is 434 g/mol. The van der Waals surface area contributed by atoms with Crippen LogP contribution in [0.4, 0.5) is 5.69 Å².